The molecule has 2 aromatic rings. The lowest BCUT2D eigenvalue weighted by atomic mass is 9.79. The third-order valence-electron chi connectivity index (χ3n) is 6.96. The van der Waals surface area contributed by atoms with E-state index in [0.717, 1.165) is 42.7 Å². The van der Waals surface area contributed by atoms with Gasteiger partial charge in [0.05, 0.1) is 5.69 Å². The second-order valence-electron chi connectivity index (χ2n) is 8.70. The Morgan fingerprint density at radius 2 is 1.65 bits per heavy atom. The maximum absolute atomic E-state index is 11.6. The maximum atomic E-state index is 11.6. The van der Waals surface area contributed by atoms with Gasteiger partial charge in [-0.3, -0.25) is 4.79 Å². The summed E-state index contributed by atoms with van der Waals surface area (Å²) < 4.78 is 2.30. The molecule has 1 aromatic carbocycles. The number of aromatic nitrogens is 1. The monoisotopic (exact) mass is 352 g/mol. The van der Waals surface area contributed by atoms with Gasteiger partial charge in [-0.15, -0.1) is 0 Å². The lowest BCUT2D eigenvalue weighted by Crippen LogP contribution is -2.44. The molecule has 0 radical (unpaired) electrons. The van der Waals surface area contributed by atoms with Gasteiger partial charge in [0.2, 0.25) is 0 Å². The van der Waals surface area contributed by atoms with E-state index < -0.39 is 0 Å². The summed E-state index contributed by atoms with van der Waals surface area (Å²) in [5, 5.41) is 1.18. The Kier molecular flexibility index (Phi) is 5.17. The fourth-order valence-corrected chi connectivity index (χ4v) is 5.34. The molecular formula is C23H32N2O. The van der Waals surface area contributed by atoms with Crippen LogP contribution in [0.5, 0.6) is 0 Å². The number of hydrogen-bond acceptors (Lipinski definition) is 2. The third-order valence-corrected chi connectivity index (χ3v) is 6.96. The molecule has 3 heteroatoms. The Morgan fingerprint density at radius 3 is 2.31 bits per heavy atom. The van der Waals surface area contributed by atoms with Gasteiger partial charge >= 0.3 is 0 Å². The Labute approximate surface area is 157 Å². The van der Waals surface area contributed by atoms with Gasteiger partial charge in [-0.25, -0.2) is 0 Å². The summed E-state index contributed by atoms with van der Waals surface area (Å²) >= 11 is 0. The summed E-state index contributed by atoms with van der Waals surface area (Å²) in [6.45, 7) is 7.10. The molecule has 1 saturated heterocycles. The standard InChI is InChI=1S/C23H32N2O/c1-17(2)18-7-9-20(10-8-18)24-13-11-21(12-14-24)25-22(16-26)15-19-5-3-4-6-23(19)25/h3-6,15-18,20-21H,7-14H2,1-2H3/t18-,20+. The molecule has 1 aromatic heterocycles. The fourth-order valence-electron chi connectivity index (χ4n) is 5.34. The second-order valence-corrected chi connectivity index (χ2v) is 8.70. The summed E-state index contributed by atoms with van der Waals surface area (Å²) in [6.07, 6.45) is 8.89. The highest BCUT2D eigenvalue weighted by molar-refractivity contribution is 5.89. The number of piperidine rings is 1. The van der Waals surface area contributed by atoms with Gasteiger partial charge in [-0.1, -0.05) is 32.0 Å². The van der Waals surface area contributed by atoms with Crippen molar-refractivity contribution in [3.05, 3.63) is 36.0 Å². The lowest BCUT2D eigenvalue weighted by Gasteiger charge is -2.42. The number of para-hydroxylation sites is 1. The van der Waals surface area contributed by atoms with Gasteiger partial charge in [-0.2, -0.15) is 0 Å². The molecule has 3 nitrogen and oxygen atoms in total. The average molecular weight is 353 g/mol. The van der Waals surface area contributed by atoms with Crippen LogP contribution >= 0.6 is 0 Å². The van der Waals surface area contributed by atoms with E-state index >= 15 is 0 Å². The van der Waals surface area contributed by atoms with Crippen molar-refractivity contribution < 1.29 is 4.79 Å². The van der Waals surface area contributed by atoms with Crippen LogP contribution in [0.4, 0.5) is 0 Å². The molecule has 0 atom stereocenters. The third kappa shape index (κ3) is 3.34. The highest BCUT2D eigenvalue weighted by Crippen LogP contribution is 2.35. The first-order valence-electron chi connectivity index (χ1n) is 10.5. The Bertz CT molecular complexity index is 747. The van der Waals surface area contributed by atoms with Crippen LogP contribution in [-0.2, 0) is 0 Å². The Hall–Kier alpha value is -1.61. The largest absolute Gasteiger partial charge is 0.335 e. The lowest BCUT2D eigenvalue weighted by molar-refractivity contribution is 0.0883. The second kappa shape index (κ2) is 7.56. The zero-order chi connectivity index (χ0) is 18.1. The minimum absolute atomic E-state index is 0.457. The molecule has 140 valence electrons. The van der Waals surface area contributed by atoms with Crippen molar-refractivity contribution >= 4 is 17.2 Å². The average Bonchev–Trinajstić information content (AvgIpc) is 3.07. The van der Waals surface area contributed by atoms with Crippen LogP contribution < -0.4 is 0 Å². The molecule has 0 N–H and O–H groups in total. The van der Waals surface area contributed by atoms with Crippen molar-refractivity contribution in [3.63, 3.8) is 0 Å². The number of carbonyl (C=O) groups is 1. The number of fused-ring (bicyclic) bond motifs is 1. The molecule has 1 aliphatic carbocycles. The zero-order valence-electron chi connectivity index (χ0n) is 16.2. The van der Waals surface area contributed by atoms with Crippen LogP contribution in [0, 0.1) is 11.8 Å². The SMILES string of the molecule is CC(C)[C@H]1CC[C@@H](N2CCC(n3c(C=O)cc4ccccc43)CC2)CC1. The molecule has 0 amide bonds. The molecule has 2 fully saturated rings. The van der Waals surface area contributed by atoms with Gasteiger partial charge in [0.15, 0.2) is 6.29 Å². The fraction of sp³-hybridized carbons (Fsp3) is 0.609. The number of aldehydes is 1. The predicted octanol–water partition coefficient (Wildman–Crippen LogP) is 5.31. The molecule has 4 rings (SSSR count). The van der Waals surface area contributed by atoms with Crippen molar-refractivity contribution in [2.24, 2.45) is 11.8 Å². The van der Waals surface area contributed by atoms with Crippen molar-refractivity contribution in [2.45, 2.75) is 64.5 Å². The maximum Gasteiger partial charge on any atom is 0.166 e. The summed E-state index contributed by atoms with van der Waals surface area (Å²) in [5.41, 5.74) is 2.05. The summed E-state index contributed by atoms with van der Waals surface area (Å²) in [6, 6.07) is 11.7. The van der Waals surface area contributed by atoms with E-state index in [4.69, 9.17) is 0 Å². The van der Waals surface area contributed by atoms with Crippen LogP contribution in [0.25, 0.3) is 10.9 Å². The number of hydrogen-bond donors (Lipinski definition) is 0. The van der Waals surface area contributed by atoms with Crippen molar-refractivity contribution in [2.75, 3.05) is 13.1 Å². The van der Waals surface area contributed by atoms with E-state index in [2.05, 4.69) is 47.6 Å². The molecule has 2 aliphatic rings. The molecule has 2 heterocycles. The molecular weight excluding hydrogens is 320 g/mol. The van der Waals surface area contributed by atoms with Crippen molar-refractivity contribution in [1.29, 1.82) is 0 Å². The molecule has 1 aliphatic heterocycles. The van der Waals surface area contributed by atoms with Crippen LogP contribution in [0.3, 0.4) is 0 Å². The Morgan fingerprint density at radius 1 is 0.962 bits per heavy atom. The van der Waals surface area contributed by atoms with E-state index in [1.807, 2.05) is 6.07 Å². The number of nitrogens with zero attached hydrogens (tertiary/aromatic N) is 2. The number of rotatable bonds is 4. The van der Waals surface area contributed by atoms with Gasteiger partial charge in [0.1, 0.15) is 0 Å². The highest BCUT2D eigenvalue weighted by atomic mass is 16.1. The minimum Gasteiger partial charge on any atom is -0.335 e. The quantitative estimate of drug-likeness (QED) is 0.697. The number of likely N-dealkylation sites (tertiary alicyclic amines) is 1. The number of benzene rings is 1. The highest BCUT2D eigenvalue weighted by Gasteiger charge is 2.31. The summed E-state index contributed by atoms with van der Waals surface area (Å²) in [7, 11) is 0. The van der Waals surface area contributed by atoms with Crippen molar-refractivity contribution in [1.82, 2.24) is 9.47 Å². The normalized spacial score (nSPS) is 25.8. The van der Waals surface area contributed by atoms with Gasteiger partial charge in [-0.05, 0) is 62.5 Å². The van der Waals surface area contributed by atoms with Crippen molar-refractivity contribution in [3.8, 4) is 0 Å². The minimum atomic E-state index is 0.457. The first-order chi connectivity index (χ1) is 12.7. The molecule has 0 spiro atoms. The van der Waals surface area contributed by atoms with Gasteiger partial charge in [0, 0.05) is 36.1 Å². The van der Waals surface area contributed by atoms with Gasteiger partial charge in [0.25, 0.3) is 0 Å². The van der Waals surface area contributed by atoms with E-state index in [1.54, 1.807) is 0 Å². The van der Waals surface area contributed by atoms with E-state index in [9.17, 15) is 4.79 Å². The topological polar surface area (TPSA) is 25.2 Å². The first kappa shape index (κ1) is 17.8. The molecule has 0 unspecified atom stereocenters. The first-order valence-corrected chi connectivity index (χ1v) is 10.5. The van der Waals surface area contributed by atoms with E-state index in [1.165, 1.54) is 49.7 Å². The van der Waals surface area contributed by atoms with Crippen LogP contribution in [0.2, 0.25) is 0 Å². The van der Waals surface area contributed by atoms with Crippen LogP contribution in [0.1, 0.15) is 68.9 Å². The molecule has 1 saturated carbocycles. The van der Waals surface area contributed by atoms with Crippen LogP contribution in [-0.4, -0.2) is 34.9 Å². The summed E-state index contributed by atoms with van der Waals surface area (Å²) in [4.78, 5) is 14.3. The molecule has 26 heavy (non-hydrogen) atoms. The summed E-state index contributed by atoms with van der Waals surface area (Å²) in [5.74, 6) is 1.77. The van der Waals surface area contributed by atoms with E-state index in [-0.39, 0.29) is 0 Å². The van der Waals surface area contributed by atoms with Crippen LogP contribution in [0.15, 0.2) is 30.3 Å². The zero-order valence-corrected chi connectivity index (χ0v) is 16.2. The molecule has 0 bridgehead atoms. The smallest absolute Gasteiger partial charge is 0.166 e. The van der Waals surface area contributed by atoms with Gasteiger partial charge < -0.3 is 9.47 Å². The predicted molar refractivity (Wildman–Crippen MR) is 108 cm³/mol. The Balaban J connectivity index is 1.42. The van der Waals surface area contributed by atoms with E-state index in [0.29, 0.717) is 6.04 Å². The number of carbonyl (C=O) groups excluding carboxylic acids is 1.